The number of anilines is 2. The predicted octanol–water partition coefficient (Wildman–Crippen LogP) is 2.54. The number of benzene rings is 2. The maximum absolute atomic E-state index is 13.8. The summed E-state index contributed by atoms with van der Waals surface area (Å²) in [4.78, 5) is 27.6. The van der Waals surface area contributed by atoms with Crippen LogP contribution in [0.1, 0.15) is 10.4 Å². The highest BCUT2D eigenvalue weighted by Gasteiger charge is 2.26. The molecule has 0 saturated carbocycles. The Morgan fingerprint density at radius 2 is 1.54 bits per heavy atom. The van der Waals surface area contributed by atoms with Crippen molar-refractivity contribution in [3.63, 3.8) is 0 Å². The summed E-state index contributed by atoms with van der Waals surface area (Å²) in [6.07, 6.45) is 0. The van der Waals surface area contributed by atoms with E-state index in [0.29, 0.717) is 24.5 Å². The summed E-state index contributed by atoms with van der Waals surface area (Å²) in [5, 5.41) is 2.75. The van der Waals surface area contributed by atoms with Gasteiger partial charge in [-0.2, -0.15) is 0 Å². The minimum Gasteiger partial charge on any atom is -0.399 e. The maximum atomic E-state index is 13.8. The smallest absolute Gasteiger partial charge is 0.321 e. The third kappa shape index (κ3) is 3.90. The second-order valence-electron chi connectivity index (χ2n) is 5.96. The molecule has 0 unspecified atom stereocenters. The quantitative estimate of drug-likeness (QED) is 0.808. The molecule has 8 heteroatoms. The second-order valence-corrected chi connectivity index (χ2v) is 5.96. The van der Waals surface area contributed by atoms with Crippen LogP contribution in [0.3, 0.4) is 0 Å². The van der Waals surface area contributed by atoms with Crippen molar-refractivity contribution >= 4 is 23.3 Å². The van der Waals surface area contributed by atoms with Crippen LogP contribution in [-0.2, 0) is 0 Å². The van der Waals surface area contributed by atoms with Gasteiger partial charge in [0.05, 0.1) is 5.56 Å². The number of hydrogen-bond acceptors (Lipinski definition) is 3. The van der Waals surface area contributed by atoms with E-state index >= 15 is 0 Å². The molecule has 1 heterocycles. The number of carbonyl (C=O) groups is 2. The fraction of sp³-hybridized carbons (Fsp3) is 0.222. The van der Waals surface area contributed by atoms with Gasteiger partial charge in [0.25, 0.3) is 5.91 Å². The molecule has 2 aromatic carbocycles. The van der Waals surface area contributed by atoms with E-state index in [4.69, 9.17) is 5.73 Å². The predicted molar refractivity (Wildman–Crippen MR) is 93.7 cm³/mol. The zero-order valence-electron chi connectivity index (χ0n) is 13.9. The summed E-state index contributed by atoms with van der Waals surface area (Å²) in [6.45, 7) is 1.07. The molecule has 3 N–H and O–H groups in total. The van der Waals surface area contributed by atoms with Crippen LogP contribution in [0.15, 0.2) is 42.5 Å². The van der Waals surface area contributed by atoms with Gasteiger partial charge in [0.2, 0.25) is 0 Å². The van der Waals surface area contributed by atoms with Crippen LogP contribution in [0.2, 0.25) is 0 Å². The van der Waals surface area contributed by atoms with Crippen LogP contribution in [0.4, 0.5) is 25.0 Å². The Labute approximate surface area is 149 Å². The molecular formula is C18H18F2N4O2. The van der Waals surface area contributed by atoms with Gasteiger partial charge in [-0.1, -0.05) is 0 Å². The average Bonchev–Trinajstić information content (AvgIpc) is 2.65. The van der Waals surface area contributed by atoms with Gasteiger partial charge in [-0.15, -0.1) is 0 Å². The molecule has 0 radical (unpaired) electrons. The molecule has 136 valence electrons. The van der Waals surface area contributed by atoms with Crippen LogP contribution in [-0.4, -0.2) is 47.9 Å². The van der Waals surface area contributed by atoms with Crippen LogP contribution in [0.5, 0.6) is 0 Å². The molecule has 1 aliphatic heterocycles. The third-order valence-electron chi connectivity index (χ3n) is 4.17. The number of nitrogens with zero attached hydrogens (tertiary/aromatic N) is 2. The van der Waals surface area contributed by atoms with Gasteiger partial charge in [0, 0.05) is 37.6 Å². The van der Waals surface area contributed by atoms with E-state index < -0.39 is 17.5 Å². The Kier molecular flexibility index (Phi) is 5.01. The summed E-state index contributed by atoms with van der Waals surface area (Å²) in [6, 6.07) is 9.24. The molecule has 0 spiro atoms. The second kappa shape index (κ2) is 7.38. The van der Waals surface area contributed by atoms with Crippen molar-refractivity contribution in [2.24, 2.45) is 0 Å². The summed E-state index contributed by atoms with van der Waals surface area (Å²) < 4.78 is 27.0. The molecule has 3 amide bonds. The van der Waals surface area contributed by atoms with Crippen LogP contribution in [0, 0.1) is 11.6 Å². The molecule has 6 nitrogen and oxygen atoms in total. The van der Waals surface area contributed by atoms with E-state index in [-0.39, 0.29) is 24.7 Å². The molecule has 2 aromatic rings. The number of rotatable bonds is 2. The van der Waals surface area contributed by atoms with Gasteiger partial charge in [0.1, 0.15) is 11.6 Å². The van der Waals surface area contributed by atoms with E-state index in [0.717, 1.165) is 18.2 Å². The molecule has 1 fully saturated rings. The molecule has 1 aliphatic rings. The van der Waals surface area contributed by atoms with Gasteiger partial charge in [-0.25, -0.2) is 13.6 Å². The number of halogens is 2. The molecular weight excluding hydrogens is 342 g/mol. The Morgan fingerprint density at radius 3 is 2.19 bits per heavy atom. The van der Waals surface area contributed by atoms with Crippen LogP contribution in [0.25, 0.3) is 0 Å². The summed E-state index contributed by atoms with van der Waals surface area (Å²) >= 11 is 0. The fourth-order valence-corrected chi connectivity index (χ4v) is 2.71. The van der Waals surface area contributed by atoms with Gasteiger partial charge in [-0.3, -0.25) is 4.79 Å². The first kappa shape index (κ1) is 17.7. The average molecular weight is 360 g/mol. The van der Waals surface area contributed by atoms with Gasteiger partial charge in [0.15, 0.2) is 0 Å². The van der Waals surface area contributed by atoms with E-state index in [9.17, 15) is 18.4 Å². The van der Waals surface area contributed by atoms with Crippen molar-refractivity contribution in [2.45, 2.75) is 0 Å². The molecule has 26 heavy (non-hydrogen) atoms. The lowest BCUT2D eigenvalue weighted by molar-refractivity contribution is 0.0666. The number of carbonyl (C=O) groups excluding carboxylic acids is 2. The third-order valence-corrected chi connectivity index (χ3v) is 4.17. The molecule has 3 rings (SSSR count). The molecule has 0 atom stereocenters. The number of nitrogens with two attached hydrogens (primary N) is 1. The highest BCUT2D eigenvalue weighted by atomic mass is 19.1. The summed E-state index contributed by atoms with van der Waals surface area (Å²) in [7, 11) is 0. The number of nitrogen functional groups attached to an aromatic ring is 1. The Bertz CT molecular complexity index is 818. The first-order chi connectivity index (χ1) is 12.4. The topological polar surface area (TPSA) is 78.7 Å². The Hall–Kier alpha value is -3.16. The van der Waals surface area contributed by atoms with Crippen molar-refractivity contribution < 1.29 is 18.4 Å². The van der Waals surface area contributed by atoms with E-state index in [1.165, 1.54) is 4.90 Å². The lowest BCUT2D eigenvalue weighted by Gasteiger charge is -2.34. The lowest BCUT2D eigenvalue weighted by atomic mass is 10.1. The molecule has 0 aliphatic carbocycles. The lowest BCUT2D eigenvalue weighted by Crippen LogP contribution is -2.51. The van der Waals surface area contributed by atoms with Gasteiger partial charge in [-0.05, 0) is 42.5 Å². The molecule has 1 saturated heterocycles. The van der Waals surface area contributed by atoms with Gasteiger partial charge >= 0.3 is 6.03 Å². The number of nitrogens with one attached hydrogen (secondary N) is 1. The SMILES string of the molecule is Nc1ccc(NC(=O)N2CCN(C(=O)c3cc(F)ccc3F)CC2)cc1. The number of amides is 3. The molecule has 0 aromatic heterocycles. The van der Waals surface area contributed by atoms with E-state index in [1.54, 1.807) is 29.2 Å². The summed E-state index contributed by atoms with van der Waals surface area (Å²) in [5.74, 6) is -2.02. The van der Waals surface area contributed by atoms with E-state index in [1.807, 2.05) is 0 Å². The van der Waals surface area contributed by atoms with Crippen LogP contribution < -0.4 is 11.1 Å². The highest BCUT2D eigenvalue weighted by Crippen LogP contribution is 2.15. The first-order valence-corrected chi connectivity index (χ1v) is 8.10. The van der Waals surface area contributed by atoms with Crippen molar-refractivity contribution in [1.82, 2.24) is 9.80 Å². The normalized spacial score (nSPS) is 14.2. The summed E-state index contributed by atoms with van der Waals surface area (Å²) in [5.41, 5.74) is 6.51. The minimum atomic E-state index is -0.764. The number of urea groups is 1. The van der Waals surface area contributed by atoms with Gasteiger partial charge < -0.3 is 20.9 Å². The Balaban J connectivity index is 1.58. The van der Waals surface area contributed by atoms with Crippen molar-refractivity contribution in [1.29, 1.82) is 0 Å². The Morgan fingerprint density at radius 1 is 0.923 bits per heavy atom. The molecule has 0 bridgehead atoms. The zero-order valence-corrected chi connectivity index (χ0v) is 13.9. The highest BCUT2D eigenvalue weighted by molar-refractivity contribution is 5.95. The fourth-order valence-electron chi connectivity index (χ4n) is 2.71. The number of hydrogen-bond donors (Lipinski definition) is 2. The zero-order chi connectivity index (χ0) is 18.7. The maximum Gasteiger partial charge on any atom is 0.321 e. The van der Waals surface area contributed by atoms with Crippen LogP contribution >= 0.6 is 0 Å². The standard InChI is InChI=1S/C18H18F2N4O2/c19-12-1-6-16(20)15(11-12)17(25)23-7-9-24(10-8-23)18(26)22-14-4-2-13(21)3-5-14/h1-6,11H,7-10,21H2,(H,22,26). The van der Waals surface area contributed by atoms with Crippen molar-refractivity contribution in [3.8, 4) is 0 Å². The van der Waals surface area contributed by atoms with Crippen molar-refractivity contribution in [2.75, 3.05) is 37.2 Å². The first-order valence-electron chi connectivity index (χ1n) is 8.10. The number of piperazine rings is 1. The van der Waals surface area contributed by atoms with Crippen molar-refractivity contribution in [3.05, 3.63) is 59.7 Å². The monoisotopic (exact) mass is 360 g/mol. The minimum absolute atomic E-state index is 0.240. The van der Waals surface area contributed by atoms with E-state index in [2.05, 4.69) is 5.32 Å². The largest absolute Gasteiger partial charge is 0.399 e.